The lowest BCUT2D eigenvalue weighted by Crippen LogP contribution is -2.56. The van der Waals surface area contributed by atoms with E-state index in [1.807, 2.05) is 0 Å². The highest BCUT2D eigenvalue weighted by Gasteiger charge is 2.29. The lowest BCUT2D eigenvalue weighted by molar-refractivity contribution is -0.142. The summed E-state index contributed by atoms with van der Waals surface area (Å²) in [5, 5.41) is 14.5. The third kappa shape index (κ3) is 5.91. The minimum Gasteiger partial charge on any atom is -0.480 e. The summed E-state index contributed by atoms with van der Waals surface area (Å²) < 4.78 is 0. The number of nitrogens with zero attached hydrogens (tertiary/aromatic N) is 2. The Morgan fingerprint density at radius 2 is 1.50 bits per heavy atom. The largest absolute Gasteiger partial charge is 0.480 e. The van der Waals surface area contributed by atoms with Crippen LogP contribution < -0.4 is 16.4 Å². The summed E-state index contributed by atoms with van der Waals surface area (Å²) >= 11 is 0. The zero-order chi connectivity index (χ0) is 20.7. The van der Waals surface area contributed by atoms with Crippen LogP contribution in [-0.4, -0.2) is 61.0 Å². The van der Waals surface area contributed by atoms with Crippen LogP contribution in [-0.2, 0) is 27.2 Å². The Labute approximate surface area is 161 Å². The van der Waals surface area contributed by atoms with E-state index in [1.54, 1.807) is 13.8 Å². The van der Waals surface area contributed by atoms with Gasteiger partial charge < -0.3 is 31.4 Å². The molecule has 2 amide bonds. The molecule has 11 heteroatoms. The second-order valence-corrected chi connectivity index (χ2v) is 6.79. The summed E-state index contributed by atoms with van der Waals surface area (Å²) in [5.41, 5.74) is 7.02. The first-order chi connectivity index (χ1) is 13.3. The van der Waals surface area contributed by atoms with Crippen LogP contribution in [0.3, 0.4) is 0 Å². The van der Waals surface area contributed by atoms with Gasteiger partial charge in [-0.15, -0.1) is 0 Å². The second kappa shape index (κ2) is 9.65. The van der Waals surface area contributed by atoms with Crippen LogP contribution in [0.1, 0.15) is 25.2 Å². The number of carboxylic acid groups (broad SMARTS) is 1. The van der Waals surface area contributed by atoms with Gasteiger partial charge in [-0.1, -0.05) is 13.8 Å². The molecular weight excluding hydrogens is 366 g/mol. The Hall–Kier alpha value is -3.21. The van der Waals surface area contributed by atoms with E-state index in [0.29, 0.717) is 11.4 Å². The van der Waals surface area contributed by atoms with E-state index in [4.69, 9.17) is 5.73 Å². The zero-order valence-corrected chi connectivity index (χ0v) is 15.7. The lowest BCUT2D eigenvalue weighted by Gasteiger charge is -2.23. The number of carbonyl (C=O) groups is 3. The number of nitrogens with two attached hydrogens (primary N) is 1. The van der Waals surface area contributed by atoms with E-state index in [1.165, 1.54) is 25.0 Å². The van der Waals surface area contributed by atoms with Crippen molar-refractivity contribution in [3.8, 4) is 0 Å². The van der Waals surface area contributed by atoms with Gasteiger partial charge in [-0.05, 0) is 5.92 Å². The second-order valence-electron chi connectivity index (χ2n) is 6.79. The summed E-state index contributed by atoms with van der Waals surface area (Å²) in [4.78, 5) is 50.0. The molecular formula is C17H25N7O4. The smallest absolute Gasteiger partial charge is 0.326 e. The number of nitrogens with one attached hydrogen (secondary N) is 4. The number of aliphatic carboxylic acids is 1. The van der Waals surface area contributed by atoms with Crippen LogP contribution in [0.25, 0.3) is 0 Å². The number of aromatic amines is 2. The number of aromatic nitrogens is 4. The summed E-state index contributed by atoms with van der Waals surface area (Å²) in [6, 6.07) is -2.99. The van der Waals surface area contributed by atoms with E-state index in [0.717, 1.165) is 0 Å². The number of amides is 2. The number of H-pyrrole nitrogens is 2. The van der Waals surface area contributed by atoms with E-state index >= 15 is 0 Å². The lowest BCUT2D eigenvalue weighted by atomic mass is 10.0. The molecule has 2 aromatic heterocycles. The first-order valence-corrected chi connectivity index (χ1v) is 8.81. The van der Waals surface area contributed by atoms with Gasteiger partial charge in [-0.2, -0.15) is 0 Å². The van der Waals surface area contributed by atoms with E-state index < -0.39 is 35.9 Å². The standard InChI is InChI=1S/C17H25N7O4/c1-9(2)14(18)16(26)23-12(3-10-5-19-7-21-10)15(25)24-13(17(27)28)4-11-6-20-8-22-11/h5-9,12-14H,3-4,18H2,1-2H3,(H,19,21)(H,20,22)(H,23,26)(H,24,25)(H,27,28)/t12-,13-,14-/m0/s1. The number of hydrogen-bond donors (Lipinski definition) is 6. The van der Waals surface area contributed by atoms with E-state index in [2.05, 4.69) is 30.6 Å². The van der Waals surface area contributed by atoms with Gasteiger partial charge in [-0.3, -0.25) is 9.59 Å². The maximum absolute atomic E-state index is 12.8. The fourth-order valence-corrected chi connectivity index (χ4v) is 2.48. The quantitative estimate of drug-likeness (QED) is 0.299. The molecule has 11 nitrogen and oxygen atoms in total. The molecule has 2 aromatic rings. The molecule has 0 fully saturated rings. The Balaban J connectivity index is 2.11. The minimum atomic E-state index is -1.20. The van der Waals surface area contributed by atoms with Crippen LogP contribution in [0.5, 0.6) is 0 Å². The van der Waals surface area contributed by atoms with Crippen LogP contribution in [0, 0.1) is 5.92 Å². The number of rotatable bonds is 10. The molecule has 0 radical (unpaired) electrons. The molecule has 3 atom stereocenters. The summed E-state index contributed by atoms with van der Waals surface area (Å²) in [6.07, 6.45) is 6.01. The molecule has 28 heavy (non-hydrogen) atoms. The van der Waals surface area contributed by atoms with Crippen molar-refractivity contribution in [3.05, 3.63) is 36.4 Å². The summed E-state index contributed by atoms with van der Waals surface area (Å²) in [7, 11) is 0. The van der Waals surface area contributed by atoms with Gasteiger partial charge in [0.1, 0.15) is 12.1 Å². The van der Waals surface area contributed by atoms with Crippen LogP contribution in [0.15, 0.2) is 25.0 Å². The topological polar surface area (TPSA) is 179 Å². The Morgan fingerprint density at radius 3 is 1.93 bits per heavy atom. The van der Waals surface area contributed by atoms with Crippen LogP contribution in [0.2, 0.25) is 0 Å². The highest BCUT2D eigenvalue weighted by Crippen LogP contribution is 2.05. The molecule has 2 rings (SSSR count). The van der Waals surface area contributed by atoms with Crippen molar-refractivity contribution in [2.45, 2.75) is 44.8 Å². The predicted octanol–water partition coefficient (Wildman–Crippen LogP) is -1.04. The molecule has 152 valence electrons. The average molecular weight is 391 g/mol. The summed E-state index contributed by atoms with van der Waals surface area (Å²) in [5.74, 6) is -2.45. The minimum absolute atomic E-state index is 0.0251. The van der Waals surface area contributed by atoms with Gasteiger partial charge >= 0.3 is 5.97 Å². The predicted molar refractivity (Wildman–Crippen MR) is 98.9 cm³/mol. The van der Waals surface area contributed by atoms with E-state index in [-0.39, 0.29) is 18.8 Å². The monoisotopic (exact) mass is 391 g/mol. The molecule has 0 aliphatic carbocycles. The van der Waals surface area contributed by atoms with Gasteiger partial charge in [0.25, 0.3) is 0 Å². The Morgan fingerprint density at radius 1 is 1.00 bits per heavy atom. The molecule has 0 aromatic carbocycles. The Kier molecular flexibility index (Phi) is 7.27. The van der Waals surface area contributed by atoms with Crippen molar-refractivity contribution in [2.24, 2.45) is 11.7 Å². The number of carbonyl (C=O) groups excluding carboxylic acids is 2. The first kappa shape index (κ1) is 21.1. The fourth-order valence-electron chi connectivity index (χ4n) is 2.48. The molecule has 0 bridgehead atoms. The van der Waals surface area contributed by atoms with Crippen molar-refractivity contribution in [1.29, 1.82) is 0 Å². The van der Waals surface area contributed by atoms with Gasteiger partial charge in [0.05, 0.1) is 18.7 Å². The van der Waals surface area contributed by atoms with Crippen molar-refractivity contribution in [1.82, 2.24) is 30.6 Å². The average Bonchev–Trinajstić information content (AvgIpc) is 3.33. The highest BCUT2D eigenvalue weighted by molar-refractivity contribution is 5.92. The molecule has 7 N–H and O–H groups in total. The van der Waals surface area contributed by atoms with Crippen molar-refractivity contribution < 1.29 is 19.5 Å². The van der Waals surface area contributed by atoms with Gasteiger partial charge in [0.2, 0.25) is 11.8 Å². The molecule has 0 unspecified atom stereocenters. The van der Waals surface area contributed by atoms with Crippen molar-refractivity contribution >= 4 is 17.8 Å². The molecule has 2 heterocycles. The van der Waals surface area contributed by atoms with Crippen molar-refractivity contribution in [3.63, 3.8) is 0 Å². The third-order valence-corrected chi connectivity index (χ3v) is 4.23. The Bertz CT molecular complexity index is 774. The van der Waals surface area contributed by atoms with Crippen LogP contribution in [0.4, 0.5) is 0 Å². The maximum atomic E-state index is 12.8. The highest BCUT2D eigenvalue weighted by atomic mass is 16.4. The number of carboxylic acids is 1. The summed E-state index contributed by atoms with van der Waals surface area (Å²) in [6.45, 7) is 3.58. The fraction of sp³-hybridized carbons (Fsp3) is 0.471. The number of imidazole rings is 2. The van der Waals surface area contributed by atoms with E-state index in [9.17, 15) is 19.5 Å². The third-order valence-electron chi connectivity index (χ3n) is 4.23. The molecule has 0 aliphatic rings. The number of hydrogen-bond acceptors (Lipinski definition) is 6. The molecule has 0 saturated heterocycles. The molecule has 0 saturated carbocycles. The zero-order valence-electron chi connectivity index (χ0n) is 15.7. The van der Waals surface area contributed by atoms with Gasteiger partial charge in [0, 0.05) is 36.6 Å². The van der Waals surface area contributed by atoms with Crippen LogP contribution >= 0.6 is 0 Å². The molecule has 0 spiro atoms. The van der Waals surface area contributed by atoms with Crippen molar-refractivity contribution in [2.75, 3.05) is 0 Å². The first-order valence-electron chi connectivity index (χ1n) is 8.81. The molecule has 0 aliphatic heterocycles. The van der Waals surface area contributed by atoms with Gasteiger partial charge in [0.15, 0.2) is 0 Å². The normalized spacial score (nSPS) is 14.3. The SMILES string of the molecule is CC(C)[C@H](N)C(=O)N[C@@H](Cc1cnc[nH]1)C(=O)N[C@@H](Cc1cnc[nH]1)C(=O)O. The maximum Gasteiger partial charge on any atom is 0.326 e. The van der Waals surface area contributed by atoms with Gasteiger partial charge in [-0.25, -0.2) is 14.8 Å².